The van der Waals surface area contributed by atoms with E-state index >= 15 is 0 Å². The summed E-state index contributed by atoms with van der Waals surface area (Å²) >= 11 is 1.35. The van der Waals surface area contributed by atoms with Gasteiger partial charge in [-0.05, 0) is 40.5 Å². The van der Waals surface area contributed by atoms with Crippen molar-refractivity contribution in [2.24, 2.45) is 0 Å². The number of carbonyl (C=O) groups excluding carboxylic acids is 2. The summed E-state index contributed by atoms with van der Waals surface area (Å²) in [7, 11) is 0. The van der Waals surface area contributed by atoms with Crippen molar-refractivity contribution in [1.82, 2.24) is 0 Å². The topological polar surface area (TPSA) is 80.7 Å². The van der Waals surface area contributed by atoms with Gasteiger partial charge in [0.2, 0.25) is 0 Å². The third-order valence-electron chi connectivity index (χ3n) is 5.03. The van der Waals surface area contributed by atoms with Crippen LogP contribution in [0.3, 0.4) is 0 Å². The first kappa shape index (κ1) is 20.9. The number of ketones is 2. The van der Waals surface area contributed by atoms with E-state index < -0.39 is 5.97 Å². The van der Waals surface area contributed by atoms with Crippen molar-refractivity contribution in [3.8, 4) is 16.9 Å². The van der Waals surface area contributed by atoms with E-state index in [9.17, 15) is 14.4 Å². The minimum atomic E-state index is -0.819. The summed E-state index contributed by atoms with van der Waals surface area (Å²) < 4.78 is 5.88. The highest BCUT2D eigenvalue weighted by Gasteiger charge is 2.27. The molecule has 0 saturated heterocycles. The van der Waals surface area contributed by atoms with Crippen LogP contribution in [0.5, 0.6) is 5.75 Å². The van der Waals surface area contributed by atoms with Crippen molar-refractivity contribution < 1.29 is 24.2 Å². The lowest BCUT2D eigenvalue weighted by Crippen LogP contribution is -1.99. The number of aliphatic carboxylic acids is 1. The fourth-order valence-corrected chi connectivity index (χ4v) is 4.17. The monoisotopic (exact) mass is 432 g/mol. The second-order valence-electron chi connectivity index (χ2n) is 7.30. The number of hydrogen-bond donors (Lipinski definition) is 1. The maximum absolute atomic E-state index is 12.0. The van der Waals surface area contributed by atoms with Gasteiger partial charge in [-0.25, -0.2) is 0 Å². The lowest BCUT2D eigenvalue weighted by atomic mass is 9.99. The van der Waals surface area contributed by atoms with Crippen LogP contribution in [0.15, 0.2) is 66.7 Å². The first-order valence-corrected chi connectivity index (χ1v) is 11.0. The van der Waals surface area contributed by atoms with Crippen LogP contribution in [0.2, 0.25) is 0 Å². The summed E-state index contributed by atoms with van der Waals surface area (Å²) in [6.07, 6.45) is -0.0332. The van der Waals surface area contributed by atoms with Crippen molar-refractivity contribution in [3.63, 3.8) is 0 Å². The second kappa shape index (κ2) is 9.18. The molecule has 0 spiro atoms. The first-order valence-electron chi connectivity index (χ1n) is 9.80. The van der Waals surface area contributed by atoms with Crippen molar-refractivity contribution >= 4 is 29.3 Å². The Labute approximate surface area is 184 Å². The van der Waals surface area contributed by atoms with E-state index in [0.717, 1.165) is 28.0 Å². The number of rotatable bonds is 8. The molecule has 3 aromatic rings. The van der Waals surface area contributed by atoms with Gasteiger partial charge in [0.05, 0.1) is 12.2 Å². The summed E-state index contributed by atoms with van der Waals surface area (Å²) in [6.45, 7) is 0.406. The molecular weight excluding hydrogens is 412 g/mol. The second-order valence-corrected chi connectivity index (χ2v) is 8.29. The van der Waals surface area contributed by atoms with Crippen LogP contribution in [0, 0.1) is 0 Å². The summed E-state index contributed by atoms with van der Waals surface area (Å²) in [6, 6.07) is 20.9. The molecule has 6 heteroatoms. The van der Waals surface area contributed by atoms with Gasteiger partial charge >= 0.3 is 5.97 Å². The molecule has 3 aromatic carbocycles. The minimum Gasteiger partial charge on any atom is -0.489 e. The van der Waals surface area contributed by atoms with Crippen LogP contribution in [0.1, 0.15) is 38.3 Å². The highest BCUT2D eigenvalue weighted by atomic mass is 32.2. The highest BCUT2D eigenvalue weighted by molar-refractivity contribution is 7.99. The Bertz CT molecular complexity index is 1150. The molecule has 0 amide bonds. The van der Waals surface area contributed by atoms with Gasteiger partial charge in [0, 0.05) is 16.9 Å². The number of benzene rings is 3. The molecule has 0 unspecified atom stereocenters. The molecule has 0 bridgehead atoms. The van der Waals surface area contributed by atoms with Gasteiger partial charge in [-0.3, -0.25) is 14.4 Å². The number of carboxylic acids is 1. The van der Waals surface area contributed by atoms with Crippen LogP contribution >= 0.6 is 11.8 Å². The number of carbonyl (C=O) groups is 3. The van der Waals surface area contributed by atoms with Gasteiger partial charge in [0.1, 0.15) is 12.4 Å². The van der Waals surface area contributed by atoms with Crippen LogP contribution in [0.25, 0.3) is 11.1 Å². The molecule has 1 aliphatic carbocycles. The molecule has 0 aliphatic heterocycles. The Kier molecular flexibility index (Phi) is 6.18. The van der Waals surface area contributed by atoms with E-state index in [1.54, 1.807) is 12.1 Å². The van der Waals surface area contributed by atoms with Crippen molar-refractivity contribution in [2.75, 3.05) is 5.75 Å². The van der Waals surface area contributed by atoms with Crippen molar-refractivity contribution in [2.45, 2.75) is 18.8 Å². The Morgan fingerprint density at radius 1 is 0.871 bits per heavy atom. The van der Waals surface area contributed by atoms with Crippen LogP contribution in [-0.4, -0.2) is 28.4 Å². The predicted molar refractivity (Wildman–Crippen MR) is 120 cm³/mol. The van der Waals surface area contributed by atoms with E-state index in [4.69, 9.17) is 9.84 Å². The van der Waals surface area contributed by atoms with Gasteiger partial charge in [-0.1, -0.05) is 48.5 Å². The smallest absolute Gasteiger partial charge is 0.313 e. The van der Waals surface area contributed by atoms with Crippen LogP contribution in [-0.2, 0) is 17.2 Å². The number of hydrogen-bond acceptors (Lipinski definition) is 5. The number of ether oxygens (including phenoxy) is 1. The molecule has 1 N–H and O–H groups in total. The molecule has 156 valence electrons. The molecule has 0 fully saturated rings. The van der Waals surface area contributed by atoms with Gasteiger partial charge in [0.15, 0.2) is 11.6 Å². The standard InChI is InChI=1S/C25H20O5S/c26-23-12-24(27)22-11-19(8-9-21(22)23)18-6-4-16(5-7-18)13-30-20-3-1-2-17(10-20)14-31-15-25(28)29/h1-11H,12-15H2,(H,28,29). The SMILES string of the molecule is O=C(O)CSCc1cccc(OCc2ccc(-c3ccc4c(c3)C(=O)CC4=O)cc2)c1. The fourth-order valence-electron chi connectivity index (χ4n) is 3.48. The molecule has 5 nitrogen and oxygen atoms in total. The van der Waals surface area contributed by atoms with Crippen LogP contribution < -0.4 is 4.74 Å². The Balaban J connectivity index is 1.39. The molecule has 0 heterocycles. The van der Waals surface area contributed by atoms with Gasteiger partial charge < -0.3 is 9.84 Å². The number of thioether (sulfide) groups is 1. The van der Waals surface area contributed by atoms with E-state index in [-0.39, 0.29) is 23.7 Å². The van der Waals surface area contributed by atoms with Gasteiger partial charge in [-0.2, -0.15) is 0 Å². The quantitative estimate of drug-likeness (QED) is 0.504. The average Bonchev–Trinajstić information content (AvgIpc) is 3.06. The van der Waals surface area contributed by atoms with Crippen molar-refractivity contribution in [3.05, 3.63) is 89.0 Å². The summed E-state index contributed by atoms with van der Waals surface area (Å²) in [5.74, 6) is 0.387. The maximum Gasteiger partial charge on any atom is 0.313 e. The Morgan fingerprint density at radius 2 is 1.61 bits per heavy atom. The summed E-state index contributed by atoms with van der Waals surface area (Å²) in [5.41, 5.74) is 4.92. The van der Waals surface area contributed by atoms with E-state index in [1.165, 1.54) is 11.8 Å². The molecule has 4 rings (SSSR count). The normalized spacial score (nSPS) is 12.6. The zero-order valence-corrected chi connectivity index (χ0v) is 17.5. The summed E-state index contributed by atoms with van der Waals surface area (Å²) in [4.78, 5) is 34.4. The van der Waals surface area contributed by atoms with E-state index in [0.29, 0.717) is 23.5 Å². The average molecular weight is 432 g/mol. The Morgan fingerprint density at radius 3 is 2.39 bits per heavy atom. The van der Waals surface area contributed by atoms with Gasteiger partial charge in [-0.15, -0.1) is 11.8 Å². The molecule has 0 saturated carbocycles. The number of Topliss-reactive ketones (excluding diaryl/α,β-unsaturated/α-hetero) is 2. The van der Waals surface area contributed by atoms with Gasteiger partial charge in [0.25, 0.3) is 0 Å². The number of carboxylic acid groups (broad SMARTS) is 1. The molecular formula is C25H20O5S. The van der Waals surface area contributed by atoms with E-state index in [1.807, 2.05) is 54.6 Å². The first-order chi connectivity index (χ1) is 15.0. The zero-order chi connectivity index (χ0) is 21.8. The minimum absolute atomic E-state index is 0.0332. The van der Waals surface area contributed by atoms with Crippen molar-refractivity contribution in [1.29, 1.82) is 0 Å². The largest absolute Gasteiger partial charge is 0.489 e. The molecule has 0 aromatic heterocycles. The molecule has 0 atom stereocenters. The molecule has 0 radical (unpaired) electrons. The maximum atomic E-state index is 12.0. The molecule has 1 aliphatic rings. The third kappa shape index (κ3) is 5.03. The van der Waals surface area contributed by atoms with Crippen LogP contribution in [0.4, 0.5) is 0 Å². The highest BCUT2D eigenvalue weighted by Crippen LogP contribution is 2.28. The molecule has 31 heavy (non-hydrogen) atoms. The Hall–Kier alpha value is -3.38. The van der Waals surface area contributed by atoms with E-state index in [2.05, 4.69) is 0 Å². The zero-order valence-electron chi connectivity index (χ0n) is 16.7. The lowest BCUT2D eigenvalue weighted by molar-refractivity contribution is -0.133. The fraction of sp³-hybridized carbons (Fsp3) is 0.160. The third-order valence-corrected chi connectivity index (χ3v) is 6.02. The predicted octanol–water partition coefficient (Wildman–Crippen LogP) is 5.02. The summed E-state index contributed by atoms with van der Waals surface area (Å²) in [5, 5.41) is 8.74. The number of fused-ring (bicyclic) bond motifs is 1. The lowest BCUT2D eigenvalue weighted by Gasteiger charge is -2.09.